The first-order valence-corrected chi connectivity index (χ1v) is 7.00. The highest BCUT2D eigenvalue weighted by molar-refractivity contribution is 6.05. The first-order valence-electron chi connectivity index (χ1n) is 7.00. The minimum atomic E-state index is 0.500. The number of nitrogens with one attached hydrogen (secondary N) is 1. The number of aromatic amines is 1. The SMILES string of the molecule is COCc1cc2[nH]c3nc(-c4cnn(C)c4)ccc3c2cn1. The number of aromatic nitrogens is 5. The molecular formula is C16H15N5O. The molecule has 0 aliphatic heterocycles. The Morgan fingerprint density at radius 3 is 2.91 bits per heavy atom. The van der Waals surface area contributed by atoms with E-state index < -0.39 is 0 Å². The number of nitrogens with zero attached hydrogens (tertiary/aromatic N) is 4. The summed E-state index contributed by atoms with van der Waals surface area (Å²) >= 11 is 0. The van der Waals surface area contributed by atoms with Crippen molar-refractivity contribution in [2.75, 3.05) is 7.11 Å². The molecule has 4 heterocycles. The van der Waals surface area contributed by atoms with Crippen LogP contribution in [0.4, 0.5) is 0 Å². The number of methoxy groups -OCH3 is 1. The smallest absolute Gasteiger partial charge is 0.139 e. The van der Waals surface area contributed by atoms with Crippen molar-refractivity contribution < 1.29 is 4.74 Å². The first-order chi connectivity index (χ1) is 10.7. The third kappa shape index (κ3) is 2.05. The lowest BCUT2D eigenvalue weighted by Gasteiger charge is -1.98. The van der Waals surface area contributed by atoms with Gasteiger partial charge in [0.25, 0.3) is 0 Å². The van der Waals surface area contributed by atoms with Gasteiger partial charge in [-0.3, -0.25) is 9.67 Å². The molecule has 0 saturated carbocycles. The molecule has 22 heavy (non-hydrogen) atoms. The van der Waals surface area contributed by atoms with E-state index in [4.69, 9.17) is 9.72 Å². The average molecular weight is 293 g/mol. The lowest BCUT2D eigenvalue weighted by molar-refractivity contribution is 0.181. The van der Waals surface area contributed by atoms with Gasteiger partial charge in [-0.2, -0.15) is 5.10 Å². The van der Waals surface area contributed by atoms with E-state index in [0.717, 1.165) is 38.9 Å². The van der Waals surface area contributed by atoms with Crippen molar-refractivity contribution in [3.8, 4) is 11.3 Å². The van der Waals surface area contributed by atoms with Gasteiger partial charge < -0.3 is 9.72 Å². The molecule has 0 atom stereocenters. The molecular weight excluding hydrogens is 278 g/mol. The maximum absolute atomic E-state index is 5.13. The summed E-state index contributed by atoms with van der Waals surface area (Å²) in [4.78, 5) is 12.5. The Bertz CT molecular complexity index is 969. The summed E-state index contributed by atoms with van der Waals surface area (Å²) in [5.74, 6) is 0. The number of ether oxygens (including phenoxy) is 1. The Kier molecular flexibility index (Phi) is 2.90. The van der Waals surface area contributed by atoms with Crippen molar-refractivity contribution in [3.05, 3.63) is 42.5 Å². The van der Waals surface area contributed by atoms with E-state index in [0.29, 0.717) is 6.61 Å². The Morgan fingerprint density at radius 2 is 2.14 bits per heavy atom. The Hall–Kier alpha value is -2.73. The molecule has 0 unspecified atom stereocenters. The van der Waals surface area contributed by atoms with Gasteiger partial charge in [-0.25, -0.2) is 4.98 Å². The molecule has 0 fully saturated rings. The zero-order valence-corrected chi connectivity index (χ0v) is 12.4. The monoisotopic (exact) mass is 293 g/mol. The predicted molar refractivity (Wildman–Crippen MR) is 84.3 cm³/mol. The highest BCUT2D eigenvalue weighted by Gasteiger charge is 2.09. The van der Waals surface area contributed by atoms with Gasteiger partial charge in [0.15, 0.2) is 0 Å². The van der Waals surface area contributed by atoms with E-state index in [1.54, 1.807) is 11.8 Å². The van der Waals surface area contributed by atoms with Crippen LogP contribution in [0.3, 0.4) is 0 Å². The minimum absolute atomic E-state index is 0.500. The van der Waals surface area contributed by atoms with Gasteiger partial charge in [0.2, 0.25) is 0 Å². The van der Waals surface area contributed by atoms with Gasteiger partial charge in [0.05, 0.1) is 29.7 Å². The zero-order chi connectivity index (χ0) is 15.1. The highest BCUT2D eigenvalue weighted by Crippen LogP contribution is 2.27. The number of hydrogen-bond donors (Lipinski definition) is 1. The Balaban J connectivity index is 1.87. The first kappa shape index (κ1) is 13.0. The number of hydrogen-bond acceptors (Lipinski definition) is 4. The van der Waals surface area contributed by atoms with Crippen LogP contribution >= 0.6 is 0 Å². The van der Waals surface area contributed by atoms with Crippen LogP contribution in [0.5, 0.6) is 0 Å². The summed E-state index contributed by atoms with van der Waals surface area (Å²) in [7, 11) is 3.56. The van der Waals surface area contributed by atoms with E-state index in [1.165, 1.54) is 0 Å². The van der Waals surface area contributed by atoms with E-state index in [2.05, 4.69) is 21.1 Å². The number of rotatable bonds is 3. The summed E-state index contributed by atoms with van der Waals surface area (Å²) < 4.78 is 6.90. The van der Waals surface area contributed by atoms with Crippen molar-refractivity contribution in [3.63, 3.8) is 0 Å². The van der Waals surface area contributed by atoms with Crippen molar-refractivity contribution in [1.82, 2.24) is 24.7 Å². The van der Waals surface area contributed by atoms with Gasteiger partial charge in [-0.1, -0.05) is 0 Å². The van der Waals surface area contributed by atoms with E-state index in [9.17, 15) is 0 Å². The van der Waals surface area contributed by atoms with E-state index in [-0.39, 0.29) is 0 Å². The van der Waals surface area contributed by atoms with Gasteiger partial charge >= 0.3 is 0 Å². The van der Waals surface area contributed by atoms with Crippen LogP contribution in [0.15, 0.2) is 36.8 Å². The maximum atomic E-state index is 5.13. The van der Waals surface area contributed by atoms with Gasteiger partial charge in [0.1, 0.15) is 5.65 Å². The van der Waals surface area contributed by atoms with Gasteiger partial charge in [-0.05, 0) is 18.2 Å². The molecule has 0 saturated heterocycles. The molecule has 110 valence electrons. The molecule has 4 rings (SSSR count). The normalized spacial score (nSPS) is 11.5. The van der Waals surface area contributed by atoms with Crippen LogP contribution in [0.1, 0.15) is 5.69 Å². The molecule has 4 aromatic rings. The highest BCUT2D eigenvalue weighted by atomic mass is 16.5. The second kappa shape index (κ2) is 4.92. The number of fused-ring (bicyclic) bond motifs is 3. The lowest BCUT2D eigenvalue weighted by Crippen LogP contribution is -1.90. The standard InChI is InChI=1S/C16H15N5O/c1-21-8-10(6-18-21)14-4-3-12-13-7-17-11(9-22-2)5-15(13)20-16(12)19-14/h3-8H,9H2,1-2H3,(H,19,20). The fourth-order valence-electron chi connectivity index (χ4n) is 2.66. The average Bonchev–Trinajstić information content (AvgIpc) is 3.09. The molecule has 6 heteroatoms. The fourth-order valence-corrected chi connectivity index (χ4v) is 2.66. The molecule has 0 aromatic carbocycles. The Morgan fingerprint density at radius 1 is 1.23 bits per heavy atom. The summed E-state index contributed by atoms with van der Waals surface area (Å²) in [6, 6.07) is 6.08. The molecule has 0 spiro atoms. The minimum Gasteiger partial charge on any atom is -0.378 e. The van der Waals surface area contributed by atoms with Crippen LogP contribution in [-0.4, -0.2) is 31.8 Å². The van der Waals surface area contributed by atoms with E-state index in [1.807, 2.05) is 37.8 Å². The Labute approximate surface area is 126 Å². The lowest BCUT2D eigenvalue weighted by atomic mass is 10.2. The molecule has 4 aromatic heterocycles. The number of H-pyrrole nitrogens is 1. The molecule has 0 bridgehead atoms. The van der Waals surface area contributed by atoms with Crippen LogP contribution in [0.25, 0.3) is 33.2 Å². The zero-order valence-electron chi connectivity index (χ0n) is 12.4. The van der Waals surface area contributed by atoms with Crippen molar-refractivity contribution >= 4 is 21.9 Å². The summed E-state index contributed by atoms with van der Waals surface area (Å²) in [5, 5.41) is 6.33. The van der Waals surface area contributed by atoms with Crippen LogP contribution in [-0.2, 0) is 18.4 Å². The van der Waals surface area contributed by atoms with Crippen molar-refractivity contribution in [2.45, 2.75) is 6.61 Å². The van der Waals surface area contributed by atoms with E-state index >= 15 is 0 Å². The maximum Gasteiger partial charge on any atom is 0.139 e. The summed E-state index contributed by atoms with van der Waals surface area (Å²) in [5.41, 5.74) is 4.67. The van der Waals surface area contributed by atoms with Crippen molar-refractivity contribution in [2.24, 2.45) is 7.05 Å². The van der Waals surface area contributed by atoms with Gasteiger partial charge in [0, 0.05) is 42.9 Å². The summed E-state index contributed by atoms with van der Waals surface area (Å²) in [6.45, 7) is 0.500. The second-order valence-corrected chi connectivity index (χ2v) is 5.27. The third-order valence-corrected chi connectivity index (χ3v) is 3.69. The molecule has 0 aliphatic rings. The number of pyridine rings is 2. The second-order valence-electron chi connectivity index (χ2n) is 5.27. The number of aryl methyl sites for hydroxylation is 1. The quantitative estimate of drug-likeness (QED) is 0.630. The van der Waals surface area contributed by atoms with Crippen LogP contribution in [0.2, 0.25) is 0 Å². The van der Waals surface area contributed by atoms with Gasteiger partial charge in [-0.15, -0.1) is 0 Å². The largest absolute Gasteiger partial charge is 0.378 e. The predicted octanol–water partition coefficient (Wildman–Crippen LogP) is 2.66. The molecule has 6 nitrogen and oxygen atoms in total. The molecule has 1 N–H and O–H groups in total. The molecule has 0 radical (unpaired) electrons. The molecule has 0 aliphatic carbocycles. The van der Waals surface area contributed by atoms with Crippen molar-refractivity contribution in [1.29, 1.82) is 0 Å². The molecule has 0 amide bonds. The topological polar surface area (TPSA) is 68.6 Å². The van der Waals surface area contributed by atoms with Crippen LogP contribution in [0, 0.1) is 0 Å². The third-order valence-electron chi connectivity index (χ3n) is 3.69. The van der Waals surface area contributed by atoms with Crippen LogP contribution < -0.4 is 0 Å². The summed E-state index contributed by atoms with van der Waals surface area (Å²) in [6.07, 6.45) is 5.64. The fraction of sp³-hybridized carbons (Fsp3) is 0.188.